The van der Waals surface area contributed by atoms with Crippen molar-refractivity contribution in [2.45, 2.75) is 18.9 Å². The molecule has 1 fully saturated rings. The Hall–Kier alpha value is -2.37. The van der Waals surface area contributed by atoms with Crippen molar-refractivity contribution in [3.05, 3.63) is 53.2 Å². The van der Waals surface area contributed by atoms with Gasteiger partial charge in [0.25, 0.3) is 5.91 Å². The van der Waals surface area contributed by atoms with Crippen LogP contribution in [0.4, 0.5) is 0 Å². The van der Waals surface area contributed by atoms with Crippen LogP contribution in [0, 0.1) is 0 Å². The Morgan fingerprint density at radius 2 is 2.24 bits per heavy atom. The van der Waals surface area contributed by atoms with Crippen LogP contribution < -0.4 is 0 Å². The number of aliphatic hydroxyl groups is 1. The van der Waals surface area contributed by atoms with Crippen LogP contribution in [0.5, 0.6) is 0 Å². The highest BCUT2D eigenvalue weighted by atomic mass is 35.5. The van der Waals surface area contributed by atoms with Gasteiger partial charge in [-0.15, -0.1) is 0 Å². The van der Waals surface area contributed by atoms with E-state index in [4.69, 9.17) is 16.0 Å². The lowest BCUT2D eigenvalue weighted by Crippen LogP contribution is -2.37. The van der Waals surface area contributed by atoms with Crippen molar-refractivity contribution >= 4 is 28.4 Å². The van der Waals surface area contributed by atoms with Gasteiger partial charge in [0.1, 0.15) is 5.69 Å². The molecule has 0 saturated carbocycles. The largest absolute Gasteiger partial charge is 0.463 e. The maximum absolute atomic E-state index is 13.2. The Labute approximate surface area is 149 Å². The van der Waals surface area contributed by atoms with E-state index >= 15 is 0 Å². The molecule has 6 heteroatoms. The van der Waals surface area contributed by atoms with Crippen LogP contribution in [0.2, 0.25) is 5.02 Å². The summed E-state index contributed by atoms with van der Waals surface area (Å²) in [7, 11) is 0. The van der Waals surface area contributed by atoms with Crippen molar-refractivity contribution in [1.29, 1.82) is 0 Å². The third-order valence-corrected chi connectivity index (χ3v) is 4.95. The van der Waals surface area contributed by atoms with Gasteiger partial charge in [0.15, 0.2) is 5.76 Å². The first-order valence-corrected chi connectivity index (χ1v) is 8.62. The first-order chi connectivity index (χ1) is 12.2. The SMILES string of the molecule is O=C(c1cc(-c2ccco2)nc2c(Cl)cccc12)N1CCC[C@H]1CO. The zero-order valence-corrected chi connectivity index (χ0v) is 14.2. The molecule has 0 radical (unpaired) electrons. The van der Waals surface area contributed by atoms with E-state index in [-0.39, 0.29) is 18.6 Å². The third kappa shape index (κ3) is 2.79. The van der Waals surface area contributed by atoms with Gasteiger partial charge >= 0.3 is 0 Å². The molecule has 5 nitrogen and oxygen atoms in total. The molecule has 4 rings (SSSR count). The third-order valence-electron chi connectivity index (χ3n) is 4.64. The van der Waals surface area contributed by atoms with Gasteiger partial charge in [-0.05, 0) is 37.1 Å². The first-order valence-electron chi connectivity index (χ1n) is 8.24. The molecule has 2 aromatic heterocycles. The molecule has 0 aliphatic carbocycles. The number of aliphatic hydroxyl groups excluding tert-OH is 1. The number of halogens is 1. The second-order valence-corrected chi connectivity index (χ2v) is 6.55. The van der Waals surface area contributed by atoms with E-state index in [0.717, 1.165) is 12.8 Å². The number of aromatic nitrogens is 1. The molecule has 1 atom stereocenters. The van der Waals surface area contributed by atoms with Crippen LogP contribution in [0.1, 0.15) is 23.2 Å². The first kappa shape index (κ1) is 16.1. The molecule has 1 saturated heterocycles. The monoisotopic (exact) mass is 356 g/mol. The zero-order valence-electron chi connectivity index (χ0n) is 13.5. The number of benzene rings is 1. The van der Waals surface area contributed by atoms with Gasteiger partial charge in [-0.25, -0.2) is 4.98 Å². The number of pyridine rings is 1. The molecule has 3 heterocycles. The summed E-state index contributed by atoms with van der Waals surface area (Å²) >= 11 is 6.32. The summed E-state index contributed by atoms with van der Waals surface area (Å²) in [5.74, 6) is 0.468. The van der Waals surface area contributed by atoms with E-state index in [2.05, 4.69) is 4.98 Å². The summed E-state index contributed by atoms with van der Waals surface area (Å²) < 4.78 is 5.44. The average molecular weight is 357 g/mol. The maximum atomic E-state index is 13.2. The number of rotatable bonds is 3. The standard InChI is InChI=1S/C19H17ClN2O3/c20-15-6-1-5-13-14(19(24)22-8-2-4-12(22)11-23)10-16(21-18(13)15)17-7-3-9-25-17/h1,3,5-7,9-10,12,23H,2,4,8,11H2/t12-/m0/s1. The normalized spacial score (nSPS) is 17.4. The molecule has 25 heavy (non-hydrogen) atoms. The van der Waals surface area contributed by atoms with E-state index in [1.165, 1.54) is 0 Å². The molecule has 3 aromatic rings. The van der Waals surface area contributed by atoms with Crippen molar-refractivity contribution in [3.63, 3.8) is 0 Å². The van der Waals surface area contributed by atoms with Crippen LogP contribution in [0.15, 0.2) is 47.1 Å². The quantitative estimate of drug-likeness (QED) is 0.776. The number of nitrogens with zero attached hydrogens (tertiary/aromatic N) is 2. The van der Waals surface area contributed by atoms with Crippen molar-refractivity contribution in [2.75, 3.05) is 13.2 Å². The van der Waals surface area contributed by atoms with Crippen LogP contribution in [0.3, 0.4) is 0 Å². The van der Waals surface area contributed by atoms with Crippen molar-refractivity contribution < 1.29 is 14.3 Å². The number of para-hydroxylation sites is 1. The maximum Gasteiger partial charge on any atom is 0.254 e. The molecule has 1 amide bonds. The van der Waals surface area contributed by atoms with E-state index in [9.17, 15) is 9.90 Å². The zero-order chi connectivity index (χ0) is 17.4. The summed E-state index contributed by atoms with van der Waals surface area (Å²) in [5.41, 5.74) is 1.66. The summed E-state index contributed by atoms with van der Waals surface area (Å²) in [6, 6.07) is 10.6. The minimum atomic E-state index is -0.137. The minimum Gasteiger partial charge on any atom is -0.463 e. The highest BCUT2D eigenvalue weighted by Crippen LogP contribution is 2.31. The van der Waals surface area contributed by atoms with E-state index in [0.29, 0.717) is 39.5 Å². The molecule has 0 unspecified atom stereocenters. The fourth-order valence-electron chi connectivity index (χ4n) is 3.39. The Kier molecular flexibility index (Phi) is 4.19. The fraction of sp³-hybridized carbons (Fsp3) is 0.263. The summed E-state index contributed by atoms with van der Waals surface area (Å²) in [5, 5.41) is 10.7. The van der Waals surface area contributed by atoms with E-state index in [1.54, 1.807) is 35.4 Å². The number of fused-ring (bicyclic) bond motifs is 1. The van der Waals surface area contributed by atoms with Gasteiger partial charge in [0.2, 0.25) is 0 Å². The molecule has 0 spiro atoms. The van der Waals surface area contributed by atoms with Crippen LogP contribution in [-0.2, 0) is 0 Å². The number of hydrogen-bond donors (Lipinski definition) is 1. The molecule has 1 aliphatic rings. The van der Waals surface area contributed by atoms with Crippen molar-refractivity contribution in [1.82, 2.24) is 9.88 Å². The molecule has 0 bridgehead atoms. The van der Waals surface area contributed by atoms with Crippen molar-refractivity contribution in [2.24, 2.45) is 0 Å². The molecule has 1 aliphatic heterocycles. The second-order valence-electron chi connectivity index (χ2n) is 6.15. The minimum absolute atomic E-state index is 0.0272. The van der Waals surface area contributed by atoms with Gasteiger partial charge < -0.3 is 14.4 Å². The lowest BCUT2D eigenvalue weighted by atomic mass is 10.0. The van der Waals surface area contributed by atoms with Gasteiger partial charge in [-0.2, -0.15) is 0 Å². The summed E-state index contributed by atoms with van der Waals surface area (Å²) in [6.45, 7) is 0.616. The fourth-order valence-corrected chi connectivity index (χ4v) is 3.61. The number of likely N-dealkylation sites (tertiary alicyclic amines) is 1. The molecule has 1 N–H and O–H groups in total. The Bertz CT molecular complexity index is 924. The molecular formula is C19H17ClN2O3. The van der Waals surface area contributed by atoms with E-state index in [1.807, 2.05) is 12.1 Å². The predicted octanol–water partition coefficient (Wildman–Crippen LogP) is 3.75. The Morgan fingerprint density at radius 1 is 1.36 bits per heavy atom. The van der Waals surface area contributed by atoms with E-state index < -0.39 is 0 Å². The van der Waals surface area contributed by atoms with Crippen LogP contribution >= 0.6 is 11.6 Å². The average Bonchev–Trinajstić information content (AvgIpc) is 3.32. The van der Waals surface area contributed by atoms with Crippen LogP contribution in [0.25, 0.3) is 22.4 Å². The smallest absolute Gasteiger partial charge is 0.254 e. The molecule has 1 aromatic carbocycles. The van der Waals surface area contributed by atoms with Gasteiger partial charge in [0, 0.05) is 11.9 Å². The number of hydrogen-bond acceptors (Lipinski definition) is 4. The van der Waals surface area contributed by atoms with Gasteiger partial charge in [-0.1, -0.05) is 23.7 Å². The van der Waals surface area contributed by atoms with Crippen LogP contribution in [-0.4, -0.2) is 40.1 Å². The Balaban J connectivity index is 1.89. The summed E-state index contributed by atoms with van der Waals surface area (Å²) in [4.78, 5) is 19.5. The molecule has 128 valence electrons. The van der Waals surface area contributed by atoms with Gasteiger partial charge in [0.05, 0.1) is 35.0 Å². The summed E-state index contributed by atoms with van der Waals surface area (Å²) in [6.07, 6.45) is 3.28. The Morgan fingerprint density at radius 3 is 3.00 bits per heavy atom. The number of carbonyl (C=O) groups is 1. The predicted molar refractivity (Wildman–Crippen MR) is 95.6 cm³/mol. The second kappa shape index (κ2) is 6.50. The lowest BCUT2D eigenvalue weighted by Gasteiger charge is -2.24. The van der Waals surface area contributed by atoms with Crippen molar-refractivity contribution in [3.8, 4) is 11.5 Å². The number of carbonyl (C=O) groups excluding carboxylic acids is 1. The highest BCUT2D eigenvalue weighted by molar-refractivity contribution is 6.35. The highest BCUT2D eigenvalue weighted by Gasteiger charge is 2.30. The topological polar surface area (TPSA) is 66.6 Å². The number of furan rings is 1. The molecular weight excluding hydrogens is 340 g/mol. The lowest BCUT2D eigenvalue weighted by molar-refractivity contribution is 0.0679. The number of amides is 1. The van der Waals surface area contributed by atoms with Gasteiger partial charge in [-0.3, -0.25) is 4.79 Å².